The third-order valence-electron chi connectivity index (χ3n) is 2.04. The van der Waals surface area contributed by atoms with Gasteiger partial charge < -0.3 is 10.4 Å². The van der Waals surface area contributed by atoms with E-state index in [9.17, 15) is 9.90 Å². The number of benzene rings is 1. The van der Waals surface area contributed by atoms with Crippen molar-refractivity contribution in [1.82, 2.24) is 5.32 Å². The molecule has 0 atom stereocenters. The molecule has 2 N–H and O–H groups in total. The van der Waals surface area contributed by atoms with Gasteiger partial charge in [-0.2, -0.15) is 0 Å². The normalized spacial score (nSPS) is 10.1. The Balaban J connectivity index is 2.55. The summed E-state index contributed by atoms with van der Waals surface area (Å²) in [6.07, 6.45) is 2.03. The molecule has 1 rings (SSSR count). The maximum atomic E-state index is 11.7. The van der Waals surface area contributed by atoms with Crippen LogP contribution >= 0.6 is 34.2 Å². The number of phenols is 1. The molecule has 0 spiro atoms. The van der Waals surface area contributed by atoms with Gasteiger partial charge in [0.1, 0.15) is 5.75 Å². The van der Waals surface area contributed by atoms with Crippen LogP contribution in [-0.2, 0) is 0 Å². The number of nitrogens with one attached hydrogen (secondary N) is 1. The fourth-order valence-electron chi connectivity index (χ4n) is 1.20. The molecule has 0 fully saturated rings. The Morgan fingerprint density at radius 1 is 1.44 bits per heavy atom. The molecule has 16 heavy (non-hydrogen) atoms. The molecule has 5 heteroatoms. The first kappa shape index (κ1) is 13.6. The highest BCUT2D eigenvalue weighted by atomic mass is 127. The highest BCUT2D eigenvalue weighted by Crippen LogP contribution is 2.20. The Bertz CT molecular complexity index is 371. The minimum Gasteiger partial charge on any atom is -0.508 e. The van der Waals surface area contributed by atoms with E-state index < -0.39 is 0 Å². The predicted octanol–water partition coefficient (Wildman–Crippen LogP) is 2.99. The van der Waals surface area contributed by atoms with Crippen molar-refractivity contribution < 1.29 is 9.90 Å². The average molecular weight is 354 g/mol. The Morgan fingerprint density at radius 2 is 2.19 bits per heavy atom. The fourth-order valence-corrected chi connectivity index (χ4v) is 1.95. The zero-order valence-electron chi connectivity index (χ0n) is 8.67. The van der Waals surface area contributed by atoms with Gasteiger partial charge in [0.15, 0.2) is 0 Å². The molecular weight excluding hydrogens is 340 g/mol. The van der Waals surface area contributed by atoms with Crippen molar-refractivity contribution in [2.24, 2.45) is 0 Å². The molecule has 0 aromatic heterocycles. The number of unbranched alkanes of at least 4 members (excludes halogenated alkanes) is 1. The molecule has 1 aromatic rings. The van der Waals surface area contributed by atoms with Crippen molar-refractivity contribution in [3.05, 3.63) is 28.8 Å². The lowest BCUT2D eigenvalue weighted by Gasteiger charge is -2.06. The number of amides is 1. The van der Waals surface area contributed by atoms with Crippen LogP contribution in [0, 0.1) is 0 Å². The van der Waals surface area contributed by atoms with Crippen LogP contribution in [-0.4, -0.2) is 22.0 Å². The van der Waals surface area contributed by atoms with Crippen LogP contribution in [0.3, 0.4) is 0 Å². The van der Waals surface area contributed by atoms with E-state index in [1.165, 1.54) is 18.2 Å². The lowest BCUT2D eigenvalue weighted by molar-refractivity contribution is 0.0953. The minimum absolute atomic E-state index is 0.0433. The number of carbonyl (C=O) groups is 1. The lowest BCUT2D eigenvalue weighted by atomic mass is 10.2. The maximum Gasteiger partial charge on any atom is 0.252 e. The number of phenolic OH excluding ortho intramolecular Hbond substituents is 1. The van der Waals surface area contributed by atoms with Crippen LogP contribution in [0.25, 0.3) is 0 Å². The van der Waals surface area contributed by atoms with Gasteiger partial charge in [-0.15, -0.1) is 0 Å². The summed E-state index contributed by atoms with van der Waals surface area (Å²) in [6.45, 7) is 0.633. The molecule has 1 amide bonds. The third kappa shape index (κ3) is 4.17. The zero-order valence-corrected chi connectivity index (χ0v) is 11.6. The Hall–Kier alpha value is -0.490. The molecule has 88 valence electrons. The molecule has 0 bridgehead atoms. The molecule has 3 nitrogen and oxygen atoms in total. The van der Waals surface area contributed by atoms with Gasteiger partial charge >= 0.3 is 0 Å². The summed E-state index contributed by atoms with van der Waals surface area (Å²) < 4.78 is 1.08. The van der Waals surface area contributed by atoms with Crippen LogP contribution < -0.4 is 5.32 Å². The molecule has 0 saturated carbocycles. The summed E-state index contributed by atoms with van der Waals surface area (Å²) in [5.41, 5.74) is 0.316. The van der Waals surface area contributed by atoms with E-state index in [1.807, 2.05) is 0 Å². The second-order valence-electron chi connectivity index (χ2n) is 3.32. The first-order valence-electron chi connectivity index (χ1n) is 4.98. The van der Waals surface area contributed by atoms with Crippen molar-refractivity contribution in [1.29, 1.82) is 0 Å². The highest BCUT2D eigenvalue weighted by molar-refractivity contribution is 14.1. The number of halogens is 2. The van der Waals surface area contributed by atoms with E-state index in [1.54, 1.807) is 0 Å². The molecule has 0 saturated heterocycles. The number of aromatic hydroxyl groups is 1. The van der Waals surface area contributed by atoms with E-state index in [-0.39, 0.29) is 11.7 Å². The highest BCUT2D eigenvalue weighted by Gasteiger charge is 2.10. The molecular formula is C11H13ClINO2. The number of alkyl halides is 1. The second-order valence-corrected chi connectivity index (χ2v) is 4.80. The lowest BCUT2D eigenvalue weighted by Crippen LogP contribution is -2.24. The third-order valence-corrected chi connectivity index (χ3v) is 3.13. The molecule has 0 aliphatic heterocycles. The molecule has 0 aliphatic carbocycles. The van der Waals surface area contributed by atoms with E-state index in [0.29, 0.717) is 17.1 Å². The van der Waals surface area contributed by atoms with Gasteiger partial charge in [0.05, 0.1) is 10.6 Å². The smallest absolute Gasteiger partial charge is 0.252 e. The fraction of sp³-hybridized carbons (Fsp3) is 0.364. The van der Waals surface area contributed by atoms with Crippen molar-refractivity contribution >= 4 is 40.1 Å². The van der Waals surface area contributed by atoms with Crippen molar-refractivity contribution in [2.75, 3.05) is 11.0 Å². The van der Waals surface area contributed by atoms with Crippen LogP contribution in [0.2, 0.25) is 5.02 Å². The van der Waals surface area contributed by atoms with Gasteiger partial charge in [0, 0.05) is 6.54 Å². The molecule has 0 unspecified atom stereocenters. The molecule has 0 aliphatic rings. The van der Waals surface area contributed by atoms with Crippen LogP contribution in [0.1, 0.15) is 23.2 Å². The largest absolute Gasteiger partial charge is 0.508 e. The summed E-state index contributed by atoms with van der Waals surface area (Å²) >= 11 is 8.16. The number of carbonyl (C=O) groups excluding carboxylic acids is 1. The number of hydrogen-bond acceptors (Lipinski definition) is 2. The zero-order chi connectivity index (χ0) is 12.0. The summed E-state index contributed by atoms with van der Waals surface area (Å²) in [4.78, 5) is 11.7. The van der Waals surface area contributed by atoms with Crippen LogP contribution in [0.15, 0.2) is 18.2 Å². The van der Waals surface area contributed by atoms with Gasteiger partial charge in [0.25, 0.3) is 5.91 Å². The predicted molar refractivity (Wildman–Crippen MR) is 73.6 cm³/mol. The van der Waals surface area contributed by atoms with E-state index in [2.05, 4.69) is 27.9 Å². The molecule has 1 aromatic carbocycles. The van der Waals surface area contributed by atoms with Gasteiger partial charge in [-0.05, 0) is 35.5 Å². The quantitative estimate of drug-likeness (QED) is 0.486. The van der Waals surface area contributed by atoms with E-state index >= 15 is 0 Å². The van der Waals surface area contributed by atoms with Crippen LogP contribution in [0.4, 0.5) is 0 Å². The molecule has 0 radical (unpaired) electrons. The Kier molecular flexibility index (Phi) is 5.90. The number of hydrogen-bond donors (Lipinski definition) is 2. The minimum atomic E-state index is -0.241. The van der Waals surface area contributed by atoms with Crippen molar-refractivity contribution in [3.63, 3.8) is 0 Å². The van der Waals surface area contributed by atoms with Crippen molar-refractivity contribution in [3.8, 4) is 5.75 Å². The van der Waals surface area contributed by atoms with Gasteiger partial charge in [-0.3, -0.25) is 4.79 Å². The van der Waals surface area contributed by atoms with E-state index in [4.69, 9.17) is 11.6 Å². The van der Waals surface area contributed by atoms with Crippen LogP contribution in [0.5, 0.6) is 5.75 Å². The topological polar surface area (TPSA) is 49.3 Å². The standard InChI is InChI=1S/C11H13ClINO2/c12-10-4-3-8(15)7-9(10)11(16)14-6-2-1-5-13/h3-4,7,15H,1-2,5-6H2,(H,14,16). The maximum absolute atomic E-state index is 11.7. The van der Waals surface area contributed by atoms with E-state index in [0.717, 1.165) is 17.3 Å². The SMILES string of the molecule is O=C(NCCCCI)c1cc(O)ccc1Cl. The summed E-state index contributed by atoms with van der Waals surface area (Å²) in [5, 5.41) is 12.4. The summed E-state index contributed by atoms with van der Waals surface area (Å²) in [5.74, 6) is -0.198. The monoisotopic (exact) mass is 353 g/mol. The number of rotatable bonds is 5. The average Bonchev–Trinajstić information content (AvgIpc) is 2.27. The first-order valence-corrected chi connectivity index (χ1v) is 6.88. The van der Waals surface area contributed by atoms with Gasteiger partial charge in [-0.1, -0.05) is 34.2 Å². The molecule has 0 heterocycles. The summed E-state index contributed by atoms with van der Waals surface area (Å²) in [6, 6.07) is 4.34. The van der Waals surface area contributed by atoms with Crippen molar-refractivity contribution in [2.45, 2.75) is 12.8 Å². The Morgan fingerprint density at radius 3 is 2.88 bits per heavy atom. The first-order chi connectivity index (χ1) is 7.65. The summed E-state index contributed by atoms with van der Waals surface area (Å²) in [7, 11) is 0. The Labute approximate surface area is 113 Å². The van der Waals surface area contributed by atoms with Gasteiger partial charge in [0.2, 0.25) is 0 Å². The second kappa shape index (κ2) is 6.96. The van der Waals surface area contributed by atoms with Gasteiger partial charge in [-0.25, -0.2) is 0 Å².